The Hall–Kier alpha value is -2.25. The van der Waals surface area contributed by atoms with E-state index < -0.39 is 18.9 Å². The van der Waals surface area contributed by atoms with E-state index in [9.17, 15) is 24.9 Å². The number of hydrogen-bond acceptors (Lipinski definition) is 15. The van der Waals surface area contributed by atoms with E-state index in [-0.39, 0.29) is 42.7 Å². The lowest BCUT2D eigenvalue weighted by Gasteiger charge is -2.30. The third-order valence-electron chi connectivity index (χ3n) is 24.3. The van der Waals surface area contributed by atoms with Gasteiger partial charge in [-0.3, -0.25) is 0 Å². The average molecular weight is 1510 g/mol. The van der Waals surface area contributed by atoms with Gasteiger partial charge in [0.15, 0.2) is 18.9 Å². The number of aliphatic hydroxyl groups excluding tert-OH is 3. The van der Waals surface area contributed by atoms with Crippen LogP contribution in [0.5, 0.6) is 0 Å². The van der Waals surface area contributed by atoms with Gasteiger partial charge in [0.1, 0.15) is 30.5 Å². The minimum Gasteiger partial charge on any atom is -0.475 e. The molecule has 3 N–H and O–H groups in total. The molecule has 0 saturated heterocycles. The van der Waals surface area contributed by atoms with E-state index in [1.54, 1.807) is 28.2 Å². The molecule has 0 heterocycles. The van der Waals surface area contributed by atoms with E-state index >= 15 is 0 Å². The summed E-state index contributed by atoms with van der Waals surface area (Å²) in [6.07, 6.45) is 56.3. The Morgan fingerprint density at radius 3 is 0.883 bits per heavy atom. The summed E-state index contributed by atoms with van der Waals surface area (Å²) in [5.74, 6) is 9.76. The first kappa shape index (κ1) is 91.4. The number of rotatable bonds is 48. The van der Waals surface area contributed by atoms with Crippen LogP contribution in [0.2, 0.25) is 0 Å². The number of hydrogen-bond donors (Lipinski definition) is 4. The molecule has 0 aromatic heterocycles. The van der Waals surface area contributed by atoms with Crippen LogP contribution in [0.15, 0.2) is 0 Å². The fourth-order valence-electron chi connectivity index (χ4n) is 18.1. The van der Waals surface area contributed by atoms with Gasteiger partial charge in [0.05, 0.1) is 26.4 Å². The van der Waals surface area contributed by atoms with Crippen molar-refractivity contribution in [1.29, 1.82) is 0 Å². The summed E-state index contributed by atoms with van der Waals surface area (Å²) in [6.45, 7) is 11.8. The number of terminal acetylenes is 1. The molecule has 8 rings (SSSR count). The largest absolute Gasteiger partial charge is 0.475 e. The molecular formula is C84H151N3O13S3. The first-order valence-corrected chi connectivity index (χ1v) is 43.4. The molecule has 20 unspecified atom stereocenters. The Balaban J connectivity index is 0.000000247. The number of aliphatic hydroxyl groups is 3. The number of thiocarbonyl (C=S) groups is 2. The molecule has 8 bridgehead atoms. The van der Waals surface area contributed by atoms with Gasteiger partial charge in [-0.25, -0.2) is 9.59 Å². The average Bonchev–Trinajstić information content (AvgIpc) is 1.67. The fourth-order valence-corrected chi connectivity index (χ4v) is 18.5. The van der Waals surface area contributed by atoms with Crippen LogP contribution in [-0.2, 0) is 37.9 Å². The first-order chi connectivity index (χ1) is 49.7. The molecule has 103 heavy (non-hydrogen) atoms. The molecule has 0 spiro atoms. The highest BCUT2D eigenvalue weighted by Crippen LogP contribution is 2.53. The monoisotopic (exact) mass is 1510 g/mol. The SMILES string of the molecule is C#CC(CCCCCCCCC)OCC1CC2CC1CC2OC(=O)N(C)C.CCCCCCCCCC(O)OCC1CC2CC1CC2OC(=O)N(C)C.CCCCCCCCCC(O)OCC1CC2CC1CC2OC(=S)N(C)C.CCCCCCCCCC(O)OCC1CC2CC1CC2OC(=S)S. The summed E-state index contributed by atoms with van der Waals surface area (Å²) in [4.78, 5) is 28.3. The maximum absolute atomic E-state index is 11.8. The molecule has 0 radical (unpaired) electrons. The van der Waals surface area contributed by atoms with Crippen LogP contribution >= 0.6 is 37.1 Å². The molecule has 16 nitrogen and oxygen atoms in total. The number of carbonyl (C=O) groups excluding carboxylic acids is 2. The van der Waals surface area contributed by atoms with Crippen molar-refractivity contribution in [3.8, 4) is 12.3 Å². The second-order valence-electron chi connectivity index (χ2n) is 33.3. The van der Waals surface area contributed by atoms with E-state index in [0.717, 1.165) is 116 Å². The van der Waals surface area contributed by atoms with Crippen LogP contribution in [0.4, 0.5) is 9.59 Å². The summed E-state index contributed by atoms with van der Waals surface area (Å²) >= 11 is 14.3. The van der Waals surface area contributed by atoms with Gasteiger partial charge in [-0.1, -0.05) is 200 Å². The number of nitrogens with zero attached hydrogens (tertiary/aromatic N) is 3. The normalized spacial score (nSPS) is 28.4. The smallest absolute Gasteiger partial charge is 0.409 e. The Morgan fingerprint density at radius 1 is 0.369 bits per heavy atom. The summed E-state index contributed by atoms with van der Waals surface area (Å²) in [6, 6.07) is 0. The van der Waals surface area contributed by atoms with Crippen LogP contribution in [0.3, 0.4) is 0 Å². The van der Waals surface area contributed by atoms with Crippen molar-refractivity contribution in [3.05, 3.63) is 0 Å². The zero-order valence-electron chi connectivity index (χ0n) is 66.6. The van der Waals surface area contributed by atoms with Crippen molar-refractivity contribution in [3.63, 3.8) is 0 Å². The number of amides is 2. The third kappa shape index (κ3) is 35.5. The molecule has 8 aliphatic carbocycles. The van der Waals surface area contributed by atoms with Gasteiger partial charge in [0.25, 0.3) is 5.17 Å². The number of ether oxygens (including phenoxy) is 8. The third-order valence-corrected chi connectivity index (χ3v) is 25.0. The Kier molecular flexibility index (Phi) is 46.8. The minimum atomic E-state index is -0.618. The predicted molar refractivity (Wildman–Crippen MR) is 428 cm³/mol. The predicted octanol–water partition coefficient (Wildman–Crippen LogP) is 19.7. The van der Waals surface area contributed by atoms with Gasteiger partial charge in [-0.15, -0.1) is 6.42 Å². The van der Waals surface area contributed by atoms with Crippen LogP contribution in [-0.4, -0.2) is 170 Å². The highest BCUT2D eigenvalue weighted by atomic mass is 32.1. The van der Waals surface area contributed by atoms with E-state index in [2.05, 4.69) is 46.2 Å². The van der Waals surface area contributed by atoms with Crippen molar-refractivity contribution >= 4 is 58.8 Å². The van der Waals surface area contributed by atoms with Crippen LogP contribution < -0.4 is 0 Å². The molecule has 598 valence electrons. The van der Waals surface area contributed by atoms with E-state index in [0.29, 0.717) is 100 Å². The maximum Gasteiger partial charge on any atom is 0.409 e. The van der Waals surface area contributed by atoms with Crippen molar-refractivity contribution in [2.24, 2.45) is 71.0 Å². The lowest BCUT2D eigenvalue weighted by Crippen LogP contribution is -2.33. The second kappa shape index (κ2) is 52.8. The summed E-state index contributed by atoms with van der Waals surface area (Å²) < 4.78 is 46.4. The van der Waals surface area contributed by atoms with Gasteiger partial charge in [0, 0.05) is 42.3 Å². The number of carbonyl (C=O) groups is 2. The standard InChI is InChI=1S/C23H39NO3.C21H39NO4.C21H39NO3S.C19H34O3S2/c1-5-7-8-9-10-11-12-13-21(6-2)26-17-20-15-19-14-18(20)16-22(19)27-23(25)24(3)4;1-4-5-6-7-8-9-10-11-20(23)25-15-18-13-17-12-16(18)14-19(17)26-21(24)22(2)3;1-4-5-6-7-8-9-10-11-20(23)24-15-18-13-17-12-16(18)14-19(17)25-21(26)22(2)3;1-2-3-4-5-6-7-8-9-18(20)21-13-16-11-15-10-14(16)12-17(15)22-19(23)24/h2,18-22H,5,7-17H2,1,3-4H3;2*16-20,23H,4-15H2,1-3H3;14-18,20H,2-13H2,1H3,(H,23,24). The highest BCUT2D eigenvalue weighted by Gasteiger charge is 2.51. The molecule has 19 heteroatoms. The molecule has 0 aromatic rings. The van der Waals surface area contributed by atoms with Crippen molar-refractivity contribution in [2.45, 2.75) is 360 Å². The second-order valence-corrected chi connectivity index (χ2v) is 34.7. The van der Waals surface area contributed by atoms with Gasteiger partial charge in [0.2, 0.25) is 4.38 Å². The highest BCUT2D eigenvalue weighted by molar-refractivity contribution is 8.10. The van der Waals surface area contributed by atoms with E-state index in [4.69, 9.17) is 68.8 Å². The quantitative estimate of drug-likeness (QED) is 0.0149. The van der Waals surface area contributed by atoms with Crippen molar-refractivity contribution in [1.82, 2.24) is 14.7 Å². The number of fused-ring (bicyclic) bond motifs is 8. The Morgan fingerprint density at radius 2 is 0.631 bits per heavy atom. The first-order valence-electron chi connectivity index (χ1n) is 42.2. The molecule has 8 saturated carbocycles. The Labute approximate surface area is 644 Å². The van der Waals surface area contributed by atoms with Gasteiger partial charge in [-0.05, 0) is 224 Å². The minimum absolute atomic E-state index is 0.0397. The Bertz CT molecular complexity index is 2240. The zero-order valence-corrected chi connectivity index (χ0v) is 69.1. The van der Waals surface area contributed by atoms with Crippen molar-refractivity contribution in [2.75, 3.05) is 68.7 Å². The zero-order chi connectivity index (χ0) is 74.9. The lowest BCUT2D eigenvalue weighted by molar-refractivity contribution is -0.120. The summed E-state index contributed by atoms with van der Waals surface area (Å²) in [5.41, 5.74) is 0. The molecule has 8 aliphatic rings. The van der Waals surface area contributed by atoms with Crippen LogP contribution in [0.1, 0.15) is 310 Å². The van der Waals surface area contributed by atoms with Gasteiger partial charge < -0.3 is 67.9 Å². The van der Waals surface area contributed by atoms with Crippen LogP contribution in [0.25, 0.3) is 0 Å². The lowest BCUT2D eigenvalue weighted by atomic mass is 9.88. The molecule has 0 aliphatic heterocycles. The summed E-state index contributed by atoms with van der Waals surface area (Å²) in [7, 11) is 10.8. The van der Waals surface area contributed by atoms with E-state index in [1.165, 1.54) is 183 Å². The molecule has 8 fully saturated rings. The molecule has 20 atom stereocenters. The number of unbranched alkanes of at least 4 members (excludes halogenated alkanes) is 24. The van der Waals surface area contributed by atoms with Gasteiger partial charge in [-0.2, -0.15) is 0 Å². The number of thiol groups is 1. The molecule has 0 aromatic carbocycles. The van der Waals surface area contributed by atoms with Crippen LogP contribution in [0, 0.1) is 83.4 Å². The molecule has 2 amide bonds. The fraction of sp³-hybridized carbons (Fsp3) is 0.929. The van der Waals surface area contributed by atoms with Gasteiger partial charge >= 0.3 is 12.2 Å². The van der Waals surface area contributed by atoms with Crippen molar-refractivity contribution < 1.29 is 62.8 Å². The topological polar surface area (TPSA) is 178 Å². The van der Waals surface area contributed by atoms with E-state index in [1.807, 2.05) is 19.0 Å². The summed E-state index contributed by atoms with van der Waals surface area (Å²) in [5, 5.41) is 30.8. The molecular weight excluding hydrogens is 1360 g/mol. The maximum atomic E-state index is 11.8.